The van der Waals surface area contributed by atoms with E-state index in [1.54, 1.807) is 6.92 Å². The van der Waals surface area contributed by atoms with Gasteiger partial charge in [-0.2, -0.15) is 0 Å². The Bertz CT molecular complexity index is 302. The maximum atomic E-state index is 10.2. The molecule has 0 amide bonds. The third kappa shape index (κ3) is 32.7. The summed E-state index contributed by atoms with van der Waals surface area (Å²) in [6, 6.07) is 0. The zero-order valence-electron chi connectivity index (χ0n) is 20.3. The summed E-state index contributed by atoms with van der Waals surface area (Å²) < 4.78 is 4.12. The van der Waals surface area contributed by atoms with E-state index in [4.69, 9.17) is 0 Å². The second-order valence-corrected chi connectivity index (χ2v) is 7.34. The van der Waals surface area contributed by atoms with Crippen molar-refractivity contribution in [2.45, 2.75) is 99.3 Å². The fraction of sp³-hybridized carbons (Fsp3) is 0.913. The standard InChI is InChI=1S/2C9H21N.C5H8O3/c2*1-4-6-8-10(3)9-7-5-2;1-3-5(7)8-4(2)6/h2*4-9H2,1-3H3;3H2,1-2H3. The molecule has 0 aliphatic carbocycles. The number of hydrogen-bond acceptors (Lipinski definition) is 5. The lowest BCUT2D eigenvalue weighted by molar-refractivity contribution is -0.157. The van der Waals surface area contributed by atoms with Crippen LogP contribution in [-0.4, -0.2) is 62.0 Å². The first-order chi connectivity index (χ1) is 13.3. The van der Waals surface area contributed by atoms with Gasteiger partial charge < -0.3 is 14.5 Å². The van der Waals surface area contributed by atoms with Crippen LogP contribution >= 0.6 is 0 Å². The molecule has 0 atom stereocenters. The van der Waals surface area contributed by atoms with Gasteiger partial charge in [0.25, 0.3) is 0 Å². The summed E-state index contributed by atoms with van der Waals surface area (Å²) in [6.45, 7) is 16.9. The SMILES string of the molecule is CCC(=O)OC(C)=O.CCCCN(C)CCCC.CCCCN(C)CCCC. The highest BCUT2D eigenvalue weighted by molar-refractivity contribution is 5.83. The van der Waals surface area contributed by atoms with E-state index in [1.807, 2.05) is 0 Å². The van der Waals surface area contributed by atoms with E-state index in [0.29, 0.717) is 0 Å². The van der Waals surface area contributed by atoms with Gasteiger partial charge in [-0.05, 0) is 66.0 Å². The van der Waals surface area contributed by atoms with Crippen LogP contribution in [-0.2, 0) is 14.3 Å². The van der Waals surface area contributed by atoms with Crippen molar-refractivity contribution in [2.75, 3.05) is 40.3 Å². The predicted molar refractivity (Wildman–Crippen MR) is 122 cm³/mol. The number of ether oxygens (including phenoxy) is 1. The summed E-state index contributed by atoms with van der Waals surface area (Å²) in [5, 5.41) is 0. The molecule has 0 spiro atoms. The summed E-state index contributed by atoms with van der Waals surface area (Å²) in [6.07, 6.45) is 10.9. The van der Waals surface area contributed by atoms with Crippen molar-refractivity contribution in [1.82, 2.24) is 9.80 Å². The summed E-state index contributed by atoms with van der Waals surface area (Å²) in [4.78, 5) is 25.0. The maximum absolute atomic E-state index is 10.2. The van der Waals surface area contributed by atoms with Crippen molar-refractivity contribution in [1.29, 1.82) is 0 Å². The fourth-order valence-corrected chi connectivity index (χ4v) is 2.17. The minimum atomic E-state index is -0.545. The van der Waals surface area contributed by atoms with Gasteiger partial charge in [0, 0.05) is 13.3 Å². The summed E-state index contributed by atoms with van der Waals surface area (Å²) in [7, 11) is 4.43. The average Bonchev–Trinajstić information content (AvgIpc) is 2.67. The lowest BCUT2D eigenvalue weighted by Crippen LogP contribution is -2.20. The van der Waals surface area contributed by atoms with Crippen molar-refractivity contribution < 1.29 is 14.3 Å². The lowest BCUT2D eigenvalue weighted by Gasteiger charge is -2.14. The van der Waals surface area contributed by atoms with Gasteiger partial charge >= 0.3 is 11.9 Å². The molecule has 0 N–H and O–H groups in total. The molecule has 0 radical (unpaired) electrons. The summed E-state index contributed by atoms with van der Waals surface area (Å²) >= 11 is 0. The van der Waals surface area contributed by atoms with E-state index in [0.717, 1.165) is 0 Å². The van der Waals surface area contributed by atoms with Gasteiger partial charge in [0.05, 0.1) is 0 Å². The van der Waals surface area contributed by atoms with E-state index in [9.17, 15) is 9.59 Å². The number of hydrogen-bond donors (Lipinski definition) is 0. The van der Waals surface area contributed by atoms with Crippen LogP contribution < -0.4 is 0 Å². The first-order valence-electron chi connectivity index (χ1n) is 11.4. The van der Waals surface area contributed by atoms with Crippen LogP contribution in [0.2, 0.25) is 0 Å². The van der Waals surface area contributed by atoms with E-state index in [1.165, 1.54) is 84.5 Å². The summed E-state index contributed by atoms with van der Waals surface area (Å²) in [5.74, 6) is -1.02. The van der Waals surface area contributed by atoms with Crippen molar-refractivity contribution in [3.05, 3.63) is 0 Å². The van der Waals surface area contributed by atoms with Gasteiger partial charge in [0.15, 0.2) is 0 Å². The number of esters is 2. The number of nitrogens with zero attached hydrogens (tertiary/aromatic N) is 2. The van der Waals surface area contributed by atoms with Crippen molar-refractivity contribution in [3.63, 3.8) is 0 Å². The number of unbranched alkanes of at least 4 members (excludes halogenated alkanes) is 4. The molecule has 0 aromatic rings. The Kier molecular flexibility index (Phi) is 29.5. The molecule has 0 aliphatic heterocycles. The maximum Gasteiger partial charge on any atom is 0.313 e. The van der Waals surface area contributed by atoms with Crippen LogP contribution in [0.15, 0.2) is 0 Å². The molecule has 0 unspecified atom stereocenters. The molecule has 28 heavy (non-hydrogen) atoms. The van der Waals surface area contributed by atoms with Gasteiger partial charge in [0.2, 0.25) is 0 Å². The third-order valence-electron chi connectivity index (χ3n) is 4.12. The highest BCUT2D eigenvalue weighted by atomic mass is 16.6. The monoisotopic (exact) mass is 402 g/mol. The van der Waals surface area contributed by atoms with Crippen molar-refractivity contribution in [3.8, 4) is 0 Å². The first kappa shape index (κ1) is 31.7. The highest BCUT2D eigenvalue weighted by Crippen LogP contribution is 1.95. The smallest absolute Gasteiger partial charge is 0.313 e. The molecule has 5 heteroatoms. The highest BCUT2D eigenvalue weighted by Gasteiger charge is 1.99. The van der Waals surface area contributed by atoms with Crippen molar-refractivity contribution in [2.24, 2.45) is 0 Å². The molecule has 0 aliphatic rings. The molecule has 0 saturated heterocycles. The van der Waals surface area contributed by atoms with Gasteiger partial charge in [-0.1, -0.05) is 60.3 Å². The quantitative estimate of drug-likeness (QED) is 0.300. The third-order valence-corrected chi connectivity index (χ3v) is 4.12. The van der Waals surface area contributed by atoms with Crippen LogP contribution in [0.1, 0.15) is 99.3 Å². The zero-order valence-corrected chi connectivity index (χ0v) is 20.3. The molecular formula is C23H50N2O3. The lowest BCUT2D eigenvalue weighted by atomic mass is 10.3. The molecule has 0 rings (SSSR count). The number of carbonyl (C=O) groups excluding carboxylic acids is 2. The van der Waals surface area contributed by atoms with Gasteiger partial charge in [-0.3, -0.25) is 9.59 Å². The van der Waals surface area contributed by atoms with Crippen LogP contribution in [0.3, 0.4) is 0 Å². The molecular weight excluding hydrogens is 352 g/mol. The van der Waals surface area contributed by atoms with E-state index < -0.39 is 11.9 Å². The molecule has 0 saturated carbocycles. The number of rotatable bonds is 13. The average molecular weight is 403 g/mol. The summed E-state index contributed by atoms with van der Waals surface area (Å²) in [5.41, 5.74) is 0. The molecule has 0 heterocycles. The topological polar surface area (TPSA) is 49.9 Å². The van der Waals surface area contributed by atoms with E-state index in [-0.39, 0.29) is 6.42 Å². The van der Waals surface area contributed by atoms with Crippen LogP contribution in [0.5, 0.6) is 0 Å². The second kappa shape index (κ2) is 26.1. The Morgan fingerprint density at radius 1 is 0.643 bits per heavy atom. The van der Waals surface area contributed by atoms with Crippen LogP contribution in [0, 0.1) is 0 Å². The predicted octanol–water partition coefficient (Wildman–Crippen LogP) is 5.52. The Labute approximate surface area is 176 Å². The molecule has 5 nitrogen and oxygen atoms in total. The second-order valence-electron chi connectivity index (χ2n) is 7.34. The fourth-order valence-electron chi connectivity index (χ4n) is 2.17. The largest absolute Gasteiger partial charge is 0.393 e. The van der Waals surface area contributed by atoms with Crippen molar-refractivity contribution >= 4 is 11.9 Å². The molecule has 170 valence electrons. The van der Waals surface area contributed by atoms with Gasteiger partial charge in [-0.15, -0.1) is 0 Å². The molecule has 0 fully saturated rings. The Balaban J connectivity index is -0.000000337. The Hall–Kier alpha value is -0.940. The molecule has 0 aromatic heterocycles. The Morgan fingerprint density at radius 3 is 1.07 bits per heavy atom. The van der Waals surface area contributed by atoms with Crippen LogP contribution in [0.4, 0.5) is 0 Å². The minimum absolute atomic E-state index is 0.250. The first-order valence-corrected chi connectivity index (χ1v) is 11.4. The molecule has 0 aromatic carbocycles. The van der Waals surface area contributed by atoms with Crippen LogP contribution in [0.25, 0.3) is 0 Å². The number of carbonyl (C=O) groups is 2. The minimum Gasteiger partial charge on any atom is -0.393 e. The zero-order chi connectivity index (χ0) is 22.2. The normalized spacial score (nSPS) is 10.1. The molecule has 0 bridgehead atoms. The van der Waals surface area contributed by atoms with E-state index in [2.05, 4.69) is 56.3 Å². The van der Waals surface area contributed by atoms with Gasteiger partial charge in [-0.25, -0.2) is 0 Å². The Morgan fingerprint density at radius 2 is 0.929 bits per heavy atom. The van der Waals surface area contributed by atoms with Gasteiger partial charge in [0.1, 0.15) is 0 Å². The van der Waals surface area contributed by atoms with E-state index >= 15 is 0 Å².